The number of benzene rings is 1. The summed E-state index contributed by atoms with van der Waals surface area (Å²) < 4.78 is 39.7. The molecule has 1 heterocycles. The average molecular weight is 272 g/mol. The Kier molecular flexibility index (Phi) is 3.54. The molecule has 6 heteroatoms. The maximum atomic E-state index is 13.5. The van der Waals surface area contributed by atoms with E-state index in [1.54, 1.807) is 0 Å². The first kappa shape index (κ1) is 13.9. The fourth-order valence-electron chi connectivity index (χ4n) is 2.42. The number of amides is 1. The van der Waals surface area contributed by atoms with Crippen LogP contribution in [0.5, 0.6) is 0 Å². The monoisotopic (exact) mass is 272 g/mol. The molecular formula is C13H15F3N2O. The maximum Gasteiger partial charge on any atom is 0.259 e. The van der Waals surface area contributed by atoms with Crippen LogP contribution in [0.1, 0.15) is 30.1 Å². The quantitative estimate of drug-likeness (QED) is 0.915. The van der Waals surface area contributed by atoms with Gasteiger partial charge < -0.3 is 10.6 Å². The summed E-state index contributed by atoms with van der Waals surface area (Å²) in [7, 11) is 0. The van der Waals surface area contributed by atoms with Crippen molar-refractivity contribution in [2.45, 2.75) is 25.3 Å². The minimum Gasteiger partial charge on any atom is -0.335 e. The largest absolute Gasteiger partial charge is 0.335 e. The highest BCUT2D eigenvalue weighted by Gasteiger charge is 2.42. The number of hydrogen-bond acceptors (Lipinski definition) is 2. The minimum absolute atomic E-state index is 0.260. The van der Waals surface area contributed by atoms with Gasteiger partial charge in [-0.25, -0.2) is 13.2 Å². The van der Waals surface area contributed by atoms with E-state index in [1.807, 2.05) is 6.92 Å². The van der Waals surface area contributed by atoms with Crippen LogP contribution in [0, 0.1) is 17.5 Å². The number of likely N-dealkylation sites (tertiary alicyclic amines) is 1. The van der Waals surface area contributed by atoms with Gasteiger partial charge in [0.2, 0.25) is 0 Å². The zero-order chi connectivity index (χ0) is 14.2. The van der Waals surface area contributed by atoms with Crippen molar-refractivity contribution in [3.05, 3.63) is 35.1 Å². The molecule has 3 nitrogen and oxygen atoms in total. The Bertz CT molecular complexity index is 490. The van der Waals surface area contributed by atoms with Crippen molar-refractivity contribution in [3.63, 3.8) is 0 Å². The molecule has 1 saturated heterocycles. The summed E-state index contributed by atoms with van der Waals surface area (Å²) in [5.41, 5.74) is 4.78. The van der Waals surface area contributed by atoms with Gasteiger partial charge in [-0.3, -0.25) is 4.79 Å². The maximum absolute atomic E-state index is 13.5. The van der Waals surface area contributed by atoms with Crippen LogP contribution in [-0.2, 0) is 0 Å². The van der Waals surface area contributed by atoms with Gasteiger partial charge in [0.15, 0.2) is 0 Å². The SMILES string of the molecule is CCCC1(N)CN(C(=O)c2c(F)cc(F)cc2F)C1. The number of carbonyl (C=O) groups excluding carboxylic acids is 1. The molecule has 1 aromatic carbocycles. The molecule has 1 fully saturated rings. The van der Waals surface area contributed by atoms with E-state index in [1.165, 1.54) is 4.90 Å². The van der Waals surface area contributed by atoms with Crippen molar-refractivity contribution in [2.75, 3.05) is 13.1 Å². The van der Waals surface area contributed by atoms with Crippen molar-refractivity contribution in [1.29, 1.82) is 0 Å². The lowest BCUT2D eigenvalue weighted by Gasteiger charge is -2.47. The Balaban J connectivity index is 2.15. The molecule has 0 unspecified atom stereocenters. The zero-order valence-corrected chi connectivity index (χ0v) is 10.5. The van der Waals surface area contributed by atoms with Crippen LogP contribution < -0.4 is 5.73 Å². The average Bonchev–Trinajstić information content (AvgIpc) is 2.24. The fourth-order valence-corrected chi connectivity index (χ4v) is 2.42. The topological polar surface area (TPSA) is 46.3 Å². The molecule has 104 valence electrons. The Morgan fingerprint density at radius 1 is 1.32 bits per heavy atom. The van der Waals surface area contributed by atoms with E-state index in [4.69, 9.17) is 5.73 Å². The molecule has 1 aromatic rings. The summed E-state index contributed by atoms with van der Waals surface area (Å²) in [6.07, 6.45) is 1.61. The smallest absolute Gasteiger partial charge is 0.259 e. The van der Waals surface area contributed by atoms with E-state index in [9.17, 15) is 18.0 Å². The van der Waals surface area contributed by atoms with Gasteiger partial charge in [-0.1, -0.05) is 13.3 Å². The molecule has 0 radical (unpaired) electrons. The summed E-state index contributed by atoms with van der Waals surface area (Å²) in [5, 5.41) is 0. The van der Waals surface area contributed by atoms with E-state index >= 15 is 0 Å². The molecular weight excluding hydrogens is 257 g/mol. The first-order chi connectivity index (χ1) is 8.86. The van der Waals surface area contributed by atoms with Gasteiger partial charge in [0, 0.05) is 25.2 Å². The van der Waals surface area contributed by atoms with Gasteiger partial charge in [-0.2, -0.15) is 0 Å². The summed E-state index contributed by atoms with van der Waals surface area (Å²) >= 11 is 0. The predicted octanol–water partition coefficient (Wildman–Crippen LogP) is 2.06. The summed E-state index contributed by atoms with van der Waals surface area (Å²) in [6, 6.07) is 0.996. The summed E-state index contributed by atoms with van der Waals surface area (Å²) in [6.45, 7) is 2.49. The zero-order valence-electron chi connectivity index (χ0n) is 10.5. The van der Waals surface area contributed by atoms with Gasteiger partial charge in [0.25, 0.3) is 5.91 Å². The first-order valence-corrected chi connectivity index (χ1v) is 6.09. The second kappa shape index (κ2) is 4.85. The number of halogens is 3. The third kappa shape index (κ3) is 2.58. The Hall–Kier alpha value is -1.56. The van der Waals surface area contributed by atoms with E-state index in [0.29, 0.717) is 12.1 Å². The van der Waals surface area contributed by atoms with Crippen LogP contribution in [0.3, 0.4) is 0 Å². The van der Waals surface area contributed by atoms with Crippen LogP contribution >= 0.6 is 0 Å². The Morgan fingerprint density at radius 3 is 2.32 bits per heavy atom. The number of hydrogen-bond donors (Lipinski definition) is 1. The lowest BCUT2D eigenvalue weighted by molar-refractivity contribution is 0.0377. The minimum atomic E-state index is -1.19. The highest BCUT2D eigenvalue weighted by atomic mass is 19.1. The van der Waals surface area contributed by atoms with Crippen LogP contribution in [0.4, 0.5) is 13.2 Å². The van der Waals surface area contributed by atoms with Gasteiger partial charge in [-0.15, -0.1) is 0 Å². The van der Waals surface area contributed by atoms with Gasteiger partial charge in [0.1, 0.15) is 23.0 Å². The van der Waals surface area contributed by atoms with E-state index in [-0.39, 0.29) is 13.1 Å². The molecule has 2 N–H and O–H groups in total. The van der Waals surface area contributed by atoms with E-state index in [2.05, 4.69) is 0 Å². The molecule has 0 aromatic heterocycles. The summed E-state index contributed by atoms with van der Waals surface area (Å²) in [4.78, 5) is 13.2. The van der Waals surface area contributed by atoms with E-state index < -0.39 is 34.5 Å². The number of rotatable bonds is 3. The number of nitrogens with zero attached hydrogens (tertiary/aromatic N) is 1. The normalized spacial score (nSPS) is 17.2. The molecule has 0 spiro atoms. The van der Waals surface area contributed by atoms with E-state index in [0.717, 1.165) is 12.8 Å². The van der Waals surface area contributed by atoms with Crippen molar-refractivity contribution >= 4 is 5.91 Å². The lowest BCUT2D eigenvalue weighted by atomic mass is 9.86. The van der Waals surface area contributed by atoms with Crippen LogP contribution in [0.25, 0.3) is 0 Å². The molecule has 1 amide bonds. The number of nitrogens with two attached hydrogens (primary N) is 1. The molecule has 1 aliphatic rings. The van der Waals surface area contributed by atoms with Crippen molar-refractivity contribution in [3.8, 4) is 0 Å². The molecule has 0 aliphatic carbocycles. The van der Waals surface area contributed by atoms with Crippen molar-refractivity contribution in [1.82, 2.24) is 4.90 Å². The lowest BCUT2D eigenvalue weighted by Crippen LogP contribution is -2.68. The predicted molar refractivity (Wildman–Crippen MR) is 64.0 cm³/mol. The Morgan fingerprint density at radius 2 is 1.84 bits per heavy atom. The van der Waals surface area contributed by atoms with Crippen molar-refractivity contribution in [2.24, 2.45) is 5.73 Å². The van der Waals surface area contributed by atoms with Gasteiger partial charge >= 0.3 is 0 Å². The molecule has 0 atom stereocenters. The second-order valence-corrected chi connectivity index (χ2v) is 5.02. The summed E-state index contributed by atoms with van der Waals surface area (Å²) in [5.74, 6) is -4.21. The van der Waals surface area contributed by atoms with Crippen LogP contribution in [0.15, 0.2) is 12.1 Å². The second-order valence-electron chi connectivity index (χ2n) is 5.02. The van der Waals surface area contributed by atoms with Crippen LogP contribution in [-0.4, -0.2) is 29.4 Å². The third-order valence-corrected chi connectivity index (χ3v) is 3.27. The molecule has 2 rings (SSSR count). The van der Waals surface area contributed by atoms with Gasteiger partial charge in [-0.05, 0) is 6.42 Å². The first-order valence-electron chi connectivity index (χ1n) is 6.09. The van der Waals surface area contributed by atoms with Crippen molar-refractivity contribution < 1.29 is 18.0 Å². The molecule has 19 heavy (non-hydrogen) atoms. The highest BCUT2D eigenvalue weighted by Crippen LogP contribution is 2.26. The third-order valence-electron chi connectivity index (χ3n) is 3.27. The highest BCUT2D eigenvalue weighted by molar-refractivity contribution is 5.95. The van der Waals surface area contributed by atoms with Gasteiger partial charge in [0.05, 0.1) is 5.54 Å². The molecule has 1 aliphatic heterocycles. The molecule has 0 saturated carbocycles. The number of carbonyl (C=O) groups is 1. The fraction of sp³-hybridized carbons (Fsp3) is 0.462. The Labute approximate surface area is 109 Å². The molecule has 0 bridgehead atoms. The van der Waals surface area contributed by atoms with Crippen LogP contribution in [0.2, 0.25) is 0 Å². The standard InChI is InChI=1S/C13H15F3N2O/c1-2-3-13(17)6-18(7-13)12(19)11-9(15)4-8(14)5-10(11)16/h4-5H,2-3,6-7,17H2,1H3.